The van der Waals surface area contributed by atoms with Crippen LogP contribution in [0.25, 0.3) is 0 Å². The van der Waals surface area contributed by atoms with Gasteiger partial charge in [0.2, 0.25) is 0 Å². The summed E-state index contributed by atoms with van der Waals surface area (Å²) in [6.45, 7) is 6.26. The minimum atomic E-state index is -0.744. The van der Waals surface area contributed by atoms with E-state index in [1.807, 2.05) is 0 Å². The van der Waals surface area contributed by atoms with Crippen molar-refractivity contribution in [2.45, 2.75) is 31.7 Å². The minimum absolute atomic E-state index is 0.0664. The summed E-state index contributed by atoms with van der Waals surface area (Å²) >= 11 is 1.70. The Labute approximate surface area is 76.9 Å². The number of carboxylic acid groups (broad SMARTS) is 1. The van der Waals surface area contributed by atoms with E-state index in [2.05, 4.69) is 26.1 Å². The lowest BCUT2D eigenvalue weighted by Crippen LogP contribution is -2.46. The molecule has 0 spiro atoms. The second kappa shape index (κ2) is 3.26. The Morgan fingerprint density at radius 3 is 2.58 bits per heavy atom. The fourth-order valence-electron chi connectivity index (χ4n) is 1.15. The van der Waals surface area contributed by atoms with Crippen LogP contribution in [-0.2, 0) is 4.79 Å². The number of hydrogen-bond donors (Lipinski definition) is 2. The van der Waals surface area contributed by atoms with Crippen LogP contribution in [0.5, 0.6) is 0 Å². The predicted octanol–water partition coefficient (Wildman–Crippen LogP) is 1.15. The molecule has 1 rings (SSSR count). The lowest BCUT2D eigenvalue weighted by atomic mass is 10.1. The molecule has 0 aromatic heterocycles. The van der Waals surface area contributed by atoms with Gasteiger partial charge in [-0.3, -0.25) is 10.1 Å². The van der Waals surface area contributed by atoms with Crippen LogP contribution in [0.4, 0.5) is 0 Å². The molecule has 1 saturated heterocycles. The third-order valence-electron chi connectivity index (χ3n) is 2.41. The Hall–Kier alpha value is -0.220. The largest absolute Gasteiger partial charge is 0.480 e. The van der Waals surface area contributed by atoms with Gasteiger partial charge >= 0.3 is 5.97 Å². The van der Waals surface area contributed by atoms with Crippen LogP contribution in [0.15, 0.2) is 0 Å². The maximum absolute atomic E-state index is 10.6. The molecule has 2 N–H and O–H groups in total. The molecule has 12 heavy (non-hydrogen) atoms. The quantitative estimate of drug-likeness (QED) is 0.684. The highest BCUT2D eigenvalue weighted by atomic mass is 32.2. The first kappa shape index (κ1) is 9.86. The molecule has 0 aliphatic carbocycles. The van der Waals surface area contributed by atoms with E-state index in [4.69, 9.17) is 5.11 Å². The van der Waals surface area contributed by atoms with Crippen molar-refractivity contribution in [1.82, 2.24) is 5.32 Å². The summed E-state index contributed by atoms with van der Waals surface area (Å²) in [6, 6.07) is -0.373. The molecule has 1 aliphatic rings. The molecular weight excluding hydrogens is 174 g/mol. The number of hydrogen-bond acceptors (Lipinski definition) is 3. The van der Waals surface area contributed by atoms with Crippen molar-refractivity contribution in [1.29, 1.82) is 0 Å². The Bertz CT molecular complexity index is 195. The SMILES string of the molecule is CC(C)[C@@]1(C)N[C@H](C(=O)O)CS1. The van der Waals surface area contributed by atoms with E-state index < -0.39 is 5.97 Å². The van der Waals surface area contributed by atoms with Gasteiger partial charge in [0.15, 0.2) is 0 Å². The molecule has 4 heteroatoms. The van der Waals surface area contributed by atoms with Crippen LogP contribution >= 0.6 is 11.8 Å². The van der Waals surface area contributed by atoms with Crippen molar-refractivity contribution in [2.24, 2.45) is 5.92 Å². The van der Waals surface area contributed by atoms with E-state index in [9.17, 15) is 4.79 Å². The van der Waals surface area contributed by atoms with Gasteiger partial charge < -0.3 is 5.11 Å². The smallest absolute Gasteiger partial charge is 0.321 e. The van der Waals surface area contributed by atoms with Crippen molar-refractivity contribution in [3.8, 4) is 0 Å². The van der Waals surface area contributed by atoms with Crippen LogP contribution in [0.1, 0.15) is 20.8 Å². The number of aliphatic carboxylic acids is 1. The van der Waals surface area contributed by atoms with E-state index in [1.54, 1.807) is 11.8 Å². The fraction of sp³-hybridized carbons (Fsp3) is 0.875. The molecule has 1 heterocycles. The predicted molar refractivity (Wildman–Crippen MR) is 50.3 cm³/mol. The molecule has 1 fully saturated rings. The van der Waals surface area contributed by atoms with Crippen LogP contribution < -0.4 is 5.32 Å². The summed E-state index contributed by atoms with van der Waals surface area (Å²) < 4.78 is 0. The average molecular weight is 189 g/mol. The normalized spacial score (nSPS) is 35.8. The molecular formula is C8H15NO2S. The van der Waals surface area contributed by atoms with E-state index in [1.165, 1.54) is 0 Å². The van der Waals surface area contributed by atoms with Crippen LogP contribution in [0.2, 0.25) is 0 Å². The van der Waals surface area contributed by atoms with E-state index in [0.29, 0.717) is 11.7 Å². The van der Waals surface area contributed by atoms with E-state index >= 15 is 0 Å². The minimum Gasteiger partial charge on any atom is -0.480 e. The summed E-state index contributed by atoms with van der Waals surface area (Å²) in [7, 11) is 0. The maximum atomic E-state index is 10.6. The molecule has 0 bridgehead atoms. The molecule has 0 amide bonds. The Morgan fingerprint density at radius 2 is 2.33 bits per heavy atom. The molecule has 0 saturated carbocycles. The highest BCUT2D eigenvalue weighted by Crippen LogP contribution is 2.36. The van der Waals surface area contributed by atoms with Crippen molar-refractivity contribution >= 4 is 17.7 Å². The lowest BCUT2D eigenvalue weighted by Gasteiger charge is -2.28. The van der Waals surface area contributed by atoms with E-state index in [0.717, 1.165) is 0 Å². The summed E-state index contributed by atoms with van der Waals surface area (Å²) in [6.07, 6.45) is 0. The van der Waals surface area contributed by atoms with Crippen molar-refractivity contribution in [3.05, 3.63) is 0 Å². The van der Waals surface area contributed by atoms with Crippen molar-refractivity contribution in [3.63, 3.8) is 0 Å². The second-order valence-electron chi connectivity index (χ2n) is 3.61. The summed E-state index contributed by atoms with van der Waals surface area (Å²) in [4.78, 5) is 10.6. The highest BCUT2D eigenvalue weighted by molar-refractivity contribution is 8.00. The number of carbonyl (C=O) groups is 1. The summed E-state index contributed by atoms with van der Waals surface area (Å²) in [5.74, 6) is 0.378. The molecule has 1 aliphatic heterocycles. The van der Waals surface area contributed by atoms with Gasteiger partial charge in [0.25, 0.3) is 0 Å². The first-order valence-electron chi connectivity index (χ1n) is 4.10. The van der Waals surface area contributed by atoms with Gasteiger partial charge in [-0.1, -0.05) is 13.8 Å². The number of thioether (sulfide) groups is 1. The Morgan fingerprint density at radius 1 is 1.75 bits per heavy atom. The first-order valence-corrected chi connectivity index (χ1v) is 5.09. The molecule has 70 valence electrons. The summed E-state index contributed by atoms with van der Waals surface area (Å²) in [5, 5.41) is 11.9. The van der Waals surface area contributed by atoms with Gasteiger partial charge in [-0.25, -0.2) is 0 Å². The topological polar surface area (TPSA) is 49.3 Å². The van der Waals surface area contributed by atoms with Gasteiger partial charge in [-0.15, -0.1) is 11.8 Å². The fourth-order valence-corrected chi connectivity index (χ4v) is 2.45. The molecule has 0 radical (unpaired) electrons. The standard InChI is InChI=1S/C8H15NO2S/c1-5(2)8(3)9-6(4-12-8)7(10)11/h5-6,9H,4H2,1-3H3,(H,10,11)/t6-,8-/m0/s1. The monoisotopic (exact) mass is 189 g/mol. The van der Waals surface area contributed by atoms with Gasteiger partial charge in [0.05, 0.1) is 4.87 Å². The maximum Gasteiger partial charge on any atom is 0.321 e. The van der Waals surface area contributed by atoms with Crippen molar-refractivity contribution in [2.75, 3.05) is 5.75 Å². The zero-order valence-electron chi connectivity index (χ0n) is 7.63. The van der Waals surface area contributed by atoms with Crippen LogP contribution in [0.3, 0.4) is 0 Å². The highest BCUT2D eigenvalue weighted by Gasteiger charge is 2.40. The zero-order chi connectivity index (χ0) is 9.35. The zero-order valence-corrected chi connectivity index (χ0v) is 8.44. The van der Waals surface area contributed by atoms with Gasteiger partial charge in [-0.2, -0.15) is 0 Å². The average Bonchev–Trinajstić information content (AvgIpc) is 2.33. The summed E-state index contributed by atoms with van der Waals surface area (Å²) in [5.41, 5.74) is 0. The Kier molecular flexibility index (Phi) is 2.68. The number of carboxylic acids is 1. The van der Waals surface area contributed by atoms with Crippen LogP contribution in [0, 0.1) is 5.92 Å². The second-order valence-corrected chi connectivity index (χ2v) is 5.08. The number of nitrogens with one attached hydrogen (secondary N) is 1. The molecule has 3 nitrogen and oxygen atoms in total. The molecule has 0 aromatic carbocycles. The number of rotatable bonds is 2. The van der Waals surface area contributed by atoms with E-state index in [-0.39, 0.29) is 10.9 Å². The third-order valence-corrected chi connectivity index (χ3v) is 4.10. The van der Waals surface area contributed by atoms with Crippen molar-refractivity contribution < 1.29 is 9.90 Å². The van der Waals surface area contributed by atoms with Crippen LogP contribution in [-0.4, -0.2) is 27.7 Å². The van der Waals surface area contributed by atoms with Gasteiger partial charge in [0.1, 0.15) is 6.04 Å². The Balaban J connectivity index is 2.60. The first-order chi connectivity index (χ1) is 5.46. The third kappa shape index (κ3) is 1.75. The molecule has 0 unspecified atom stereocenters. The molecule has 0 aromatic rings. The lowest BCUT2D eigenvalue weighted by molar-refractivity contribution is -0.138. The molecule has 2 atom stereocenters. The van der Waals surface area contributed by atoms with Gasteiger partial charge in [-0.05, 0) is 12.8 Å². The van der Waals surface area contributed by atoms with Gasteiger partial charge in [0, 0.05) is 5.75 Å².